The number of anilines is 1. The zero-order valence-corrected chi connectivity index (χ0v) is 16.2. The van der Waals surface area contributed by atoms with Crippen LogP contribution in [0.5, 0.6) is 0 Å². The standard InChI is InChI=1S/C22H20N2O4/c1-11-8-17-20(21-19(11)12(2)14(4)27-21)13(3)16(22(26)28-17)9-18(25)24-15-6-5-7-23-10-15/h5-8,10H,9H2,1-4H3,(H,24,25). The quantitative estimate of drug-likeness (QED) is 0.537. The molecule has 3 aromatic heterocycles. The van der Waals surface area contributed by atoms with E-state index in [9.17, 15) is 9.59 Å². The maximum absolute atomic E-state index is 12.6. The first-order valence-electron chi connectivity index (χ1n) is 9.02. The van der Waals surface area contributed by atoms with Crippen LogP contribution in [0.15, 0.2) is 44.2 Å². The molecule has 0 aliphatic rings. The van der Waals surface area contributed by atoms with E-state index in [0.717, 1.165) is 27.7 Å². The van der Waals surface area contributed by atoms with Gasteiger partial charge in [0.15, 0.2) is 0 Å². The fourth-order valence-electron chi connectivity index (χ4n) is 3.64. The Kier molecular flexibility index (Phi) is 4.26. The Labute approximate surface area is 161 Å². The van der Waals surface area contributed by atoms with Crippen LogP contribution in [0.2, 0.25) is 0 Å². The lowest BCUT2D eigenvalue weighted by Gasteiger charge is -2.10. The Morgan fingerprint density at radius 2 is 1.89 bits per heavy atom. The lowest BCUT2D eigenvalue weighted by atomic mass is 9.98. The second-order valence-electron chi connectivity index (χ2n) is 7.01. The van der Waals surface area contributed by atoms with Crippen molar-refractivity contribution >= 4 is 33.5 Å². The number of rotatable bonds is 3. The van der Waals surface area contributed by atoms with Crippen LogP contribution in [-0.4, -0.2) is 10.9 Å². The lowest BCUT2D eigenvalue weighted by Crippen LogP contribution is -2.20. The molecule has 0 bridgehead atoms. The van der Waals surface area contributed by atoms with Gasteiger partial charge in [-0.1, -0.05) is 0 Å². The number of furan rings is 1. The summed E-state index contributed by atoms with van der Waals surface area (Å²) < 4.78 is 11.6. The minimum absolute atomic E-state index is 0.0902. The zero-order valence-electron chi connectivity index (χ0n) is 16.2. The summed E-state index contributed by atoms with van der Waals surface area (Å²) in [5, 5.41) is 4.50. The minimum atomic E-state index is -0.509. The van der Waals surface area contributed by atoms with Crippen LogP contribution in [0.3, 0.4) is 0 Å². The fraction of sp³-hybridized carbons (Fsp3) is 0.227. The molecule has 1 aromatic carbocycles. The molecule has 0 aliphatic carbocycles. The number of nitrogens with zero attached hydrogens (tertiary/aromatic N) is 1. The third-order valence-corrected chi connectivity index (χ3v) is 5.16. The van der Waals surface area contributed by atoms with Gasteiger partial charge in [0.05, 0.1) is 29.3 Å². The molecule has 6 nitrogen and oxygen atoms in total. The zero-order chi connectivity index (χ0) is 20.0. The molecular formula is C22H20N2O4. The van der Waals surface area contributed by atoms with Crippen LogP contribution in [-0.2, 0) is 11.2 Å². The van der Waals surface area contributed by atoms with E-state index in [1.807, 2.05) is 33.8 Å². The van der Waals surface area contributed by atoms with E-state index in [1.54, 1.807) is 24.5 Å². The number of nitrogens with one attached hydrogen (secondary N) is 1. The second kappa shape index (κ2) is 6.64. The van der Waals surface area contributed by atoms with E-state index in [1.165, 1.54) is 0 Å². The maximum Gasteiger partial charge on any atom is 0.340 e. The van der Waals surface area contributed by atoms with Crippen molar-refractivity contribution in [3.8, 4) is 0 Å². The summed E-state index contributed by atoms with van der Waals surface area (Å²) >= 11 is 0. The summed E-state index contributed by atoms with van der Waals surface area (Å²) in [7, 11) is 0. The number of hydrogen-bond donors (Lipinski definition) is 1. The SMILES string of the molecule is Cc1oc2c(c(C)cc3oc(=O)c(CC(=O)Nc4cccnc4)c(C)c32)c1C. The van der Waals surface area contributed by atoms with E-state index in [2.05, 4.69) is 10.3 Å². The topological polar surface area (TPSA) is 85.3 Å². The molecule has 0 saturated heterocycles. The van der Waals surface area contributed by atoms with Crippen molar-refractivity contribution in [1.82, 2.24) is 4.98 Å². The fourth-order valence-corrected chi connectivity index (χ4v) is 3.64. The number of amides is 1. The molecule has 0 saturated carbocycles. The van der Waals surface area contributed by atoms with Crippen molar-refractivity contribution in [2.45, 2.75) is 34.1 Å². The van der Waals surface area contributed by atoms with Gasteiger partial charge in [0.2, 0.25) is 5.91 Å². The smallest absolute Gasteiger partial charge is 0.340 e. The van der Waals surface area contributed by atoms with Gasteiger partial charge in [0, 0.05) is 11.6 Å². The molecule has 4 aromatic rings. The maximum atomic E-state index is 12.6. The Morgan fingerprint density at radius 1 is 1.11 bits per heavy atom. The van der Waals surface area contributed by atoms with Gasteiger partial charge >= 0.3 is 5.63 Å². The van der Waals surface area contributed by atoms with Gasteiger partial charge in [-0.2, -0.15) is 0 Å². The van der Waals surface area contributed by atoms with Crippen molar-refractivity contribution < 1.29 is 13.6 Å². The molecule has 0 unspecified atom stereocenters. The van der Waals surface area contributed by atoms with Gasteiger partial charge in [-0.05, 0) is 62.6 Å². The highest BCUT2D eigenvalue weighted by atomic mass is 16.4. The highest BCUT2D eigenvalue weighted by Crippen LogP contribution is 2.36. The summed E-state index contributed by atoms with van der Waals surface area (Å²) in [5.41, 5.74) is 4.31. The number of aryl methyl sites for hydroxylation is 4. The summed E-state index contributed by atoms with van der Waals surface area (Å²) in [5.74, 6) is 0.519. The Morgan fingerprint density at radius 3 is 2.61 bits per heavy atom. The molecule has 0 fully saturated rings. The molecule has 1 amide bonds. The van der Waals surface area contributed by atoms with Gasteiger partial charge in [-0.3, -0.25) is 9.78 Å². The minimum Gasteiger partial charge on any atom is -0.460 e. The first kappa shape index (κ1) is 18.0. The van der Waals surface area contributed by atoms with E-state index in [0.29, 0.717) is 28.0 Å². The van der Waals surface area contributed by atoms with Crippen LogP contribution in [0.1, 0.15) is 28.0 Å². The van der Waals surface area contributed by atoms with Crippen LogP contribution < -0.4 is 10.9 Å². The molecule has 0 spiro atoms. The van der Waals surface area contributed by atoms with Crippen LogP contribution in [0.4, 0.5) is 5.69 Å². The Balaban J connectivity index is 1.84. The molecule has 4 rings (SSSR count). The molecule has 6 heteroatoms. The van der Waals surface area contributed by atoms with Gasteiger partial charge in [0.1, 0.15) is 16.9 Å². The average Bonchev–Trinajstić information content (AvgIpc) is 2.94. The Hall–Kier alpha value is -3.41. The average molecular weight is 376 g/mol. The second-order valence-corrected chi connectivity index (χ2v) is 7.01. The van der Waals surface area contributed by atoms with Gasteiger partial charge in [-0.15, -0.1) is 0 Å². The van der Waals surface area contributed by atoms with Crippen molar-refractivity contribution in [3.63, 3.8) is 0 Å². The van der Waals surface area contributed by atoms with Crippen LogP contribution >= 0.6 is 0 Å². The summed E-state index contributed by atoms with van der Waals surface area (Å²) in [6.07, 6.45) is 3.08. The van der Waals surface area contributed by atoms with Crippen molar-refractivity contribution in [3.05, 3.63) is 69.0 Å². The molecular weight excluding hydrogens is 356 g/mol. The van der Waals surface area contributed by atoms with E-state index >= 15 is 0 Å². The number of fused-ring (bicyclic) bond motifs is 3. The molecule has 142 valence electrons. The molecule has 1 N–H and O–H groups in total. The van der Waals surface area contributed by atoms with E-state index < -0.39 is 5.63 Å². The largest absolute Gasteiger partial charge is 0.460 e. The number of hydrogen-bond acceptors (Lipinski definition) is 5. The van der Waals surface area contributed by atoms with E-state index in [-0.39, 0.29) is 12.3 Å². The predicted octanol–water partition coefficient (Wildman–Crippen LogP) is 4.35. The van der Waals surface area contributed by atoms with Crippen molar-refractivity contribution in [2.24, 2.45) is 0 Å². The number of benzene rings is 1. The normalized spacial score (nSPS) is 11.3. The van der Waals surface area contributed by atoms with E-state index in [4.69, 9.17) is 8.83 Å². The number of carbonyl (C=O) groups is 1. The van der Waals surface area contributed by atoms with Gasteiger partial charge in [0.25, 0.3) is 0 Å². The third-order valence-electron chi connectivity index (χ3n) is 5.16. The van der Waals surface area contributed by atoms with Gasteiger partial charge < -0.3 is 14.2 Å². The molecule has 0 radical (unpaired) electrons. The monoisotopic (exact) mass is 376 g/mol. The van der Waals surface area contributed by atoms with Crippen molar-refractivity contribution in [2.75, 3.05) is 5.32 Å². The van der Waals surface area contributed by atoms with Crippen LogP contribution in [0, 0.1) is 27.7 Å². The summed E-state index contributed by atoms with van der Waals surface area (Å²) in [4.78, 5) is 29.0. The number of carbonyl (C=O) groups excluding carboxylic acids is 1. The van der Waals surface area contributed by atoms with Gasteiger partial charge in [-0.25, -0.2) is 4.79 Å². The lowest BCUT2D eigenvalue weighted by molar-refractivity contribution is -0.115. The highest BCUT2D eigenvalue weighted by Gasteiger charge is 2.21. The van der Waals surface area contributed by atoms with Crippen molar-refractivity contribution in [1.29, 1.82) is 0 Å². The highest BCUT2D eigenvalue weighted by molar-refractivity contribution is 6.07. The molecule has 28 heavy (non-hydrogen) atoms. The molecule has 0 atom stereocenters. The third kappa shape index (κ3) is 2.87. The Bertz CT molecular complexity index is 1280. The first-order chi connectivity index (χ1) is 13.4. The summed E-state index contributed by atoms with van der Waals surface area (Å²) in [6.45, 7) is 7.72. The molecule has 3 heterocycles. The number of aromatic nitrogens is 1. The number of pyridine rings is 1. The van der Waals surface area contributed by atoms with Crippen LogP contribution in [0.25, 0.3) is 21.9 Å². The summed E-state index contributed by atoms with van der Waals surface area (Å²) in [6, 6.07) is 5.32. The first-order valence-corrected chi connectivity index (χ1v) is 9.02. The predicted molar refractivity (Wildman–Crippen MR) is 108 cm³/mol. The molecule has 0 aliphatic heterocycles.